The third kappa shape index (κ3) is 10.1. The molecular formula is C37H52O5. The van der Waals surface area contributed by atoms with Crippen LogP contribution < -0.4 is 0 Å². The maximum atomic E-state index is 12.1. The first kappa shape index (κ1) is 33.6. The molecule has 5 heteroatoms. The number of allylic oxidation sites excluding steroid dienone is 4. The Morgan fingerprint density at radius 3 is 2.33 bits per heavy atom. The van der Waals surface area contributed by atoms with Crippen molar-refractivity contribution in [2.75, 3.05) is 19.8 Å². The summed E-state index contributed by atoms with van der Waals surface area (Å²) in [6.45, 7) is 12.9. The Labute approximate surface area is 253 Å². The van der Waals surface area contributed by atoms with E-state index in [0.29, 0.717) is 17.9 Å². The van der Waals surface area contributed by atoms with E-state index in [1.54, 1.807) is 6.92 Å². The lowest BCUT2D eigenvalue weighted by molar-refractivity contribution is -0.144. The standard InChI is InChI=1S/C37H52O5/c1-6-8-9-10-28-11-14-32(15-12-28)33-16-18-34(19-17-33)35-20-13-29(22-31(35)7-2)21-30(24-41-36(39)26(3)4)25-42-37(40)27(5)23-38/h13,16,18-20,22,28,30,32-33,38H,3,5-12,14-15,17,21,23-25H2,1-2,4H3. The predicted octanol–water partition coefficient (Wildman–Crippen LogP) is 7.96. The number of hydrogen-bond acceptors (Lipinski definition) is 5. The van der Waals surface area contributed by atoms with Gasteiger partial charge in [-0.05, 0) is 79.0 Å². The quantitative estimate of drug-likeness (QED) is 0.123. The van der Waals surface area contributed by atoms with E-state index in [2.05, 4.69) is 63.4 Å². The Hall–Kier alpha value is -2.92. The molecule has 1 N–H and O–H groups in total. The van der Waals surface area contributed by atoms with Crippen molar-refractivity contribution in [3.63, 3.8) is 0 Å². The van der Waals surface area contributed by atoms with Crippen LogP contribution in [0.1, 0.15) is 95.2 Å². The summed E-state index contributed by atoms with van der Waals surface area (Å²) in [5, 5.41) is 9.17. The molecule has 0 radical (unpaired) electrons. The number of ether oxygens (including phenoxy) is 2. The second-order valence-corrected chi connectivity index (χ2v) is 12.3. The van der Waals surface area contributed by atoms with Crippen LogP contribution in [0.2, 0.25) is 0 Å². The third-order valence-electron chi connectivity index (χ3n) is 8.96. The predicted molar refractivity (Wildman–Crippen MR) is 171 cm³/mol. The van der Waals surface area contributed by atoms with Crippen LogP contribution in [0, 0.1) is 23.7 Å². The van der Waals surface area contributed by atoms with E-state index in [0.717, 1.165) is 30.2 Å². The van der Waals surface area contributed by atoms with Gasteiger partial charge in [0.25, 0.3) is 0 Å². The highest BCUT2D eigenvalue weighted by Gasteiger charge is 2.27. The van der Waals surface area contributed by atoms with Gasteiger partial charge in [-0.1, -0.05) is 102 Å². The maximum Gasteiger partial charge on any atom is 0.335 e. The normalized spacial score (nSPS) is 20.9. The van der Waals surface area contributed by atoms with Crippen molar-refractivity contribution in [3.8, 4) is 0 Å². The zero-order chi connectivity index (χ0) is 30.5. The molecule has 230 valence electrons. The van der Waals surface area contributed by atoms with Crippen LogP contribution in [0.25, 0.3) is 5.57 Å². The van der Waals surface area contributed by atoms with E-state index in [-0.39, 0.29) is 24.7 Å². The Balaban J connectivity index is 1.62. The highest BCUT2D eigenvalue weighted by atomic mass is 16.5. The van der Waals surface area contributed by atoms with Gasteiger partial charge in [0, 0.05) is 11.5 Å². The van der Waals surface area contributed by atoms with Gasteiger partial charge in [-0.15, -0.1) is 0 Å². The van der Waals surface area contributed by atoms with E-state index in [4.69, 9.17) is 14.6 Å². The SMILES string of the molecule is C=C(C)C(=O)OCC(COC(=O)C(=C)CO)Cc1ccc(C2=CCC(C3CCC(CCCCC)CC3)C=C2)c(CC)c1. The monoisotopic (exact) mass is 576 g/mol. The zero-order valence-corrected chi connectivity index (χ0v) is 26.2. The van der Waals surface area contributed by atoms with Crippen LogP contribution in [0.4, 0.5) is 0 Å². The molecule has 5 nitrogen and oxygen atoms in total. The maximum absolute atomic E-state index is 12.1. The Morgan fingerprint density at radius 2 is 1.74 bits per heavy atom. The number of benzene rings is 1. The molecule has 1 saturated carbocycles. The minimum absolute atomic E-state index is 0.00329. The second-order valence-electron chi connectivity index (χ2n) is 12.3. The second kappa shape index (κ2) is 17.3. The van der Waals surface area contributed by atoms with Crippen LogP contribution in [-0.4, -0.2) is 36.9 Å². The lowest BCUT2D eigenvalue weighted by atomic mass is 9.72. The Kier molecular flexibility index (Phi) is 13.8. The van der Waals surface area contributed by atoms with Crippen molar-refractivity contribution < 1.29 is 24.2 Å². The smallest absolute Gasteiger partial charge is 0.335 e. The molecule has 0 spiro atoms. The van der Waals surface area contributed by atoms with Gasteiger partial charge >= 0.3 is 11.9 Å². The number of carbonyl (C=O) groups excluding carboxylic acids is 2. The van der Waals surface area contributed by atoms with Crippen LogP contribution >= 0.6 is 0 Å². The highest BCUT2D eigenvalue weighted by molar-refractivity contribution is 5.88. The summed E-state index contributed by atoms with van der Waals surface area (Å²) < 4.78 is 10.8. The first-order chi connectivity index (χ1) is 20.2. The van der Waals surface area contributed by atoms with Gasteiger partial charge in [0.2, 0.25) is 0 Å². The molecule has 2 atom stereocenters. The van der Waals surface area contributed by atoms with E-state index in [1.165, 1.54) is 68.1 Å². The first-order valence-electron chi connectivity index (χ1n) is 16.0. The summed E-state index contributed by atoms with van der Waals surface area (Å²) in [5.41, 5.74) is 5.26. The molecule has 0 aromatic heterocycles. The van der Waals surface area contributed by atoms with Crippen LogP contribution in [-0.2, 0) is 31.9 Å². The van der Waals surface area contributed by atoms with E-state index in [1.807, 2.05) is 0 Å². The number of aliphatic hydroxyl groups is 1. The molecule has 0 bridgehead atoms. The van der Waals surface area contributed by atoms with Crippen LogP contribution in [0.3, 0.4) is 0 Å². The van der Waals surface area contributed by atoms with Crippen molar-refractivity contribution in [1.82, 2.24) is 0 Å². The Morgan fingerprint density at radius 1 is 1.02 bits per heavy atom. The minimum atomic E-state index is -0.646. The molecule has 42 heavy (non-hydrogen) atoms. The molecule has 0 amide bonds. The molecular weight excluding hydrogens is 524 g/mol. The fraction of sp³-hybridized carbons (Fsp3) is 0.568. The number of rotatable bonds is 16. The van der Waals surface area contributed by atoms with Crippen molar-refractivity contribution in [1.29, 1.82) is 0 Å². The topological polar surface area (TPSA) is 72.8 Å². The van der Waals surface area contributed by atoms with Gasteiger partial charge in [-0.3, -0.25) is 0 Å². The molecule has 2 unspecified atom stereocenters. The average molecular weight is 577 g/mol. The number of unbranched alkanes of at least 4 members (excludes halogenated alkanes) is 2. The molecule has 3 rings (SSSR count). The molecule has 0 aliphatic heterocycles. The zero-order valence-electron chi connectivity index (χ0n) is 26.2. The summed E-state index contributed by atoms with van der Waals surface area (Å²) >= 11 is 0. The third-order valence-corrected chi connectivity index (χ3v) is 8.96. The number of aryl methyl sites for hydroxylation is 1. The molecule has 0 saturated heterocycles. The molecule has 1 aromatic carbocycles. The van der Waals surface area contributed by atoms with Gasteiger partial charge < -0.3 is 14.6 Å². The van der Waals surface area contributed by atoms with Crippen molar-refractivity contribution in [2.24, 2.45) is 23.7 Å². The van der Waals surface area contributed by atoms with Crippen LogP contribution in [0.15, 0.2) is 60.7 Å². The van der Waals surface area contributed by atoms with Gasteiger partial charge in [0.05, 0.1) is 25.4 Å². The van der Waals surface area contributed by atoms with Crippen molar-refractivity contribution in [2.45, 2.75) is 91.4 Å². The average Bonchev–Trinajstić information content (AvgIpc) is 3.02. The van der Waals surface area contributed by atoms with E-state index in [9.17, 15) is 9.59 Å². The van der Waals surface area contributed by atoms with Gasteiger partial charge in [-0.25, -0.2) is 9.59 Å². The summed E-state index contributed by atoms with van der Waals surface area (Å²) in [4.78, 5) is 24.1. The lowest BCUT2D eigenvalue weighted by Gasteiger charge is -2.33. The Bertz CT molecular complexity index is 1130. The molecule has 2 aliphatic rings. The molecule has 1 aromatic rings. The lowest BCUT2D eigenvalue weighted by Crippen LogP contribution is -2.24. The fourth-order valence-corrected chi connectivity index (χ4v) is 6.30. The minimum Gasteiger partial charge on any atom is -0.462 e. The fourth-order valence-electron chi connectivity index (χ4n) is 6.30. The van der Waals surface area contributed by atoms with Crippen molar-refractivity contribution >= 4 is 17.5 Å². The summed E-state index contributed by atoms with van der Waals surface area (Å²) in [6.07, 6.45) is 20.9. The van der Waals surface area contributed by atoms with Gasteiger partial charge in [-0.2, -0.15) is 0 Å². The van der Waals surface area contributed by atoms with Gasteiger partial charge in [0.15, 0.2) is 0 Å². The number of esters is 2. The largest absolute Gasteiger partial charge is 0.462 e. The van der Waals surface area contributed by atoms with Gasteiger partial charge in [0.1, 0.15) is 0 Å². The van der Waals surface area contributed by atoms with E-state index < -0.39 is 18.5 Å². The van der Waals surface area contributed by atoms with Crippen molar-refractivity contribution in [3.05, 3.63) is 77.4 Å². The van der Waals surface area contributed by atoms with E-state index >= 15 is 0 Å². The molecule has 2 aliphatic carbocycles. The first-order valence-corrected chi connectivity index (χ1v) is 16.0. The highest BCUT2D eigenvalue weighted by Crippen LogP contribution is 2.40. The number of hydrogen-bond donors (Lipinski definition) is 1. The summed E-state index contributed by atoms with van der Waals surface area (Å²) in [5.74, 6) is 1.06. The summed E-state index contributed by atoms with van der Waals surface area (Å²) in [6, 6.07) is 6.54. The number of aliphatic hydroxyl groups excluding tert-OH is 1. The molecule has 0 heterocycles. The molecule has 1 fully saturated rings. The summed E-state index contributed by atoms with van der Waals surface area (Å²) in [7, 11) is 0. The van der Waals surface area contributed by atoms with Crippen LogP contribution in [0.5, 0.6) is 0 Å². The number of carbonyl (C=O) groups is 2.